The molecule has 1 amide bonds. The zero-order chi connectivity index (χ0) is 24.1. The van der Waals surface area contributed by atoms with Crippen LogP contribution in [0, 0.1) is 10.1 Å². The van der Waals surface area contributed by atoms with Gasteiger partial charge in [-0.1, -0.05) is 23.2 Å². The van der Waals surface area contributed by atoms with Gasteiger partial charge in [-0.3, -0.25) is 14.9 Å². The summed E-state index contributed by atoms with van der Waals surface area (Å²) in [7, 11) is 0. The average Bonchev–Trinajstić information content (AvgIpc) is 2.78. The van der Waals surface area contributed by atoms with E-state index in [-0.39, 0.29) is 23.0 Å². The second-order valence-electron chi connectivity index (χ2n) is 7.11. The Bertz CT molecular complexity index is 1060. The molecule has 1 saturated heterocycles. The van der Waals surface area contributed by atoms with Crippen molar-refractivity contribution in [2.75, 3.05) is 43.4 Å². The third-order valence-electron chi connectivity index (χ3n) is 5.02. The minimum absolute atomic E-state index is 0.108. The molecule has 9 nitrogen and oxygen atoms in total. The summed E-state index contributed by atoms with van der Waals surface area (Å²) in [6.07, 6.45) is 0. The van der Waals surface area contributed by atoms with Crippen molar-refractivity contribution in [1.82, 2.24) is 4.90 Å². The molecule has 0 N–H and O–H groups in total. The fraction of sp³-hybridized carbons (Fsp3) is 0.333. The number of nitro benzene ring substituents is 1. The maximum atomic E-state index is 13.0. The fourth-order valence-electron chi connectivity index (χ4n) is 3.44. The molecule has 33 heavy (non-hydrogen) atoms. The Labute approximate surface area is 203 Å². The number of nitro groups is 1. The molecule has 0 aliphatic carbocycles. The first kappa shape index (κ1) is 25.1. The van der Waals surface area contributed by atoms with Gasteiger partial charge in [0.15, 0.2) is 0 Å². The number of halogens is 2. The molecule has 0 radical (unpaired) electrons. The van der Waals surface area contributed by atoms with Crippen molar-refractivity contribution in [2.24, 2.45) is 0 Å². The Morgan fingerprint density at radius 3 is 2.42 bits per heavy atom. The van der Waals surface area contributed by atoms with Crippen molar-refractivity contribution >= 4 is 57.6 Å². The second-order valence-corrected chi connectivity index (χ2v) is 9.37. The lowest BCUT2D eigenvalue weighted by Crippen LogP contribution is -2.48. The third-order valence-corrected chi connectivity index (χ3v) is 6.89. The monoisotopic (exact) mass is 513 g/mol. The zero-order valence-electron chi connectivity index (χ0n) is 17.7. The lowest BCUT2D eigenvalue weighted by atomic mass is 10.1. The van der Waals surface area contributed by atoms with E-state index in [0.717, 1.165) is 11.8 Å². The van der Waals surface area contributed by atoms with Crippen molar-refractivity contribution < 1.29 is 23.8 Å². The summed E-state index contributed by atoms with van der Waals surface area (Å²) in [5.41, 5.74) is 0.448. The van der Waals surface area contributed by atoms with E-state index in [2.05, 4.69) is 0 Å². The number of ether oxygens (including phenoxy) is 1. The molecule has 0 spiro atoms. The number of rotatable bonds is 7. The van der Waals surface area contributed by atoms with Gasteiger partial charge in [-0.2, -0.15) is 0 Å². The summed E-state index contributed by atoms with van der Waals surface area (Å²) in [6.45, 7) is 3.55. The maximum absolute atomic E-state index is 13.0. The Hall–Kier alpha value is -2.53. The van der Waals surface area contributed by atoms with Gasteiger partial charge in [-0.15, -0.1) is 0 Å². The van der Waals surface area contributed by atoms with Crippen LogP contribution in [0.5, 0.6) is 0 Å². The summed E-state index contributed by atoms with van der Waals surface area (Å²) in [5.74, 6) is -1.59. The van der Waals surface area contributed by atoms with Gasteiger partial charge in [-0.25, -0.2) is 4.79 Å². The molecule has 1 fully saturated rings. The minimum atomic E-state index is -1.97. The highest BCUT2D eigenvalue weighted by atomic mass is 35.5. The molecule has 2 aromatic carbocycles. The van der Waals surface area contributed by atoms with Crippen LogP contribution < -0.4 is 4.90 Å². The standard InChI is InChI=1S/C21H21Cl2N3O6S/c1-2-32-20(27)13-33(31)19-6-3-14(11-18(19)26(29)30)21(28)25-9-7-24(8-10-25)17-5-4-15(22)12-16(17)23/h3-6,11-12H,2,7-10,13H2,1H3. The van der Waals surface area contributed by atoms with E-state index in [1.54, 1.807) is 24.0 Å². The molecule has 12 heteroatoms. The van der Waals surface area contributed by atoms with Crippen LogP contribution in [-0.2, 0) is 20.7 Å². The molecule has 1 unspecified atom stereocenters. The molecule has 1 atom stereocenters. The van der Waals surface area contributed by atoms with Gasteiger partial charge in [-0.05, 0) is 31.2 Å². The largest absolute Gasteiger partial charge is 0.611 e. The number of carbonyl (C=O) groups is 2. The highest BCUT2D eigenvalue weighted by molar-refractivity contribution is 7.92. The predicted molar refractivity (Wildman–Crippen MR) is 126 cm³/mol. The Balaban J connectivity index is 1.71. The van der Waals surface area contributed by atoms with Gasteiger partial charge in [0.05, 0.1) is 22.2 Å². The lowest BCUT2D eigenvalue weighted by Gasteiger charge is -2.36. The average molecular weight is 514 g/mol. The zero-order valence-corrected chi connectivity index (χ0v) is 20.0. The first-order chi connectivity index (χ1) is 15.7. The van der Waals surface area contributed by atoms with E-state index in [1.807, 2.05) is 11.0 Å². The van der Waals surface area contributed by atoms with Gasteiger partial charge >= 0.3 is 11.7 Å². The quantitative estimate of drug-likeness (QED) is 0.240. The molecular formula is C21H21Cl2N3O6S. The number of hydrogen-bond acceptors (Lipinski definition) is 7. The van der Waals surface area contributed by atoms with Crippen molar-refractivity contribution in [3.05, 3.63) is 62.1 Å². The van der Waals surface area contributed by atoms with E-state index in [0.29, 0.717) is 36.2 Å². The van der Waals surface area contributed by atoms with E-state index in [9.17, 15) is 24.3 Å². The highest BCUT2D eigenvalue weighted by Gasteiger charge is 2.30. The number of amides is 1. The highest BCUT2D eigenvalue weighted by Crippen LogP contribution is 2.30. The van der Waals surface area contributed by atoms with Crippen LogP contribution in [0.4, 0.5) is 11.4 Å². The molecule has 2 aromatic rings. The Kier molecular flexibility index (Phi) is 8.41. The number of nitrogens with zero attached hydrogens (tertiary/aromatic N) is 3. The summed E-state index contributed by atoms with van der Waals surface area (Å²) >= 11 is 10.2. The maximum Gasteiger partial charge on any atom is 0.356 e. The van der Waals surface area contributed by atoms with Gasteiger partial charge in [0.25, 0.3) is 5.91 Å². The topological polar surface area (TPSA) is 116 Å². The lowest BCUT2D eigenvalue weighted by molar-refractivity contribution is -0.387. The molecule has 176 valence electrons. The molecule has 0 saturated carbocycles. The van der Waals surface area contributed by atoms with Crippen LogP contribution in [-0.4, -0.2) is 64.8 Å². The summed E-state index contributed by atoms with van der Waals surface area (Å²) in [4.78, 5) is 38.9. The van der Waals surface area contributed by atoms with Crippen LogP contribution in [0.1, 0.15) is 17.3 Å². The van der Waals surface area contributed by atoms with Crippen LogP contribution in [0.25, 0.3) is 0 Å². The van der Waals surface area contributed by atoms with Gasteiger partial charge in [0.1, 0.15) is 0 Å². The molecule has 1 aliphatic heterocycles. The Morgan fingerprint density at radius 1 is 1.12 bits per heavy atom. The molecule has 0 aromatic heterocycles. The van der Waals surface area contributed by atoms with Crippen molar-refractivity contribution in [1.29, 1.82) is 0 Å². The van der Waals surface area contributed by atoms with Gasteiger partial charge in [0, 0.05) is 60.1 Å². The van der Waals surface area contributed by atoms with E-state index >= 15 is 0 Å². The van der Waals surface area contributed by atoms with Crippen LogP contribution >= 0.6 is 23.2 Å². The SMILES string of the molecule is CCOC(=O)C[S+]([O-])c1ccc(C(=O)N2CCN(c3ccc(Cl)cc3Cl)CC2)cc1[N+](=O)[O-]. The second kappa shape index (κ2) is 11.1. The van der Waals surface area contributed by atoms with Crippen molar-refractivity contribution in [3.63, 3.8) is 0 Å². The Morgan fingerprint density at radius 2 is 1.82 bits per heavy atom. The summed E-state index contributed by atoms with van der Waals surface area (Å²) in [5, 5.41) is 12.6. The van der Waals surface area contributed by atoms with Crippen LogP contribution in [0.15, 0.2) is 41.3 Å². The number of carbonyl (C=O) groups excluding carboxylic acids is 2. The van der Waals surface area contributed by atoms with E-state index in [1.165, 1.54) is 12.1 Å². The van der Waals surface area contributed by atoms with Crippen LogP contribution in [0.3, 0.4) is 0 Å². The predicted octanol–water partition coefficient (Wildman–Crippen LogP) is 3.53. The van der Waals surface area contributed by atoms with Gasteiger partial charge < -0.3 is 19.1 Å². The van der Waals surface area contributed by atoms with E-state index < -0.39 is 33.5 Å². The van der Waals surface area contributed by atoms with Gasteiger partial charge in [0.2, 0.25) is 10.6 Å². The molecular weight excluding hydrogens is 493 g/mol. The summed E-state index contributed by atoms with van der Waals surface area (Å²) in [6, 6.07) is 8.96. The number of anilines is 1. The third kappa shape index (κ3) is 6.08. The first-order valence-corrected chi connectivity index (χ1v) is 12.1. The first-order valence-electron chi connectivity index (χ1n) is 10.0. The fourth-order valence-corrected chi connectivity index (χ4v) is 5.01. The molecule has 1 heterocycles. The smallest absolute Gasteiger partial charge is 0.356 e. The number of benzene rings is 2. The number of hydrogen-bond donors (Lipinski definition) is 0. The number of esters is 1. The van der Waals surface area contributed by atoms with Crippen LogP contribution in [0.2, 0.25) is 10.0 Å². The van der Waals surface area contributed by atoms with Crippen molar-refractivity contribution in [2.45, 2.75) is 11.8 Å². The molecule has 0 bridgehead atoms. The molecule has 3 rings (SSSR count). The normalized spacial score (nSPS) is 14.7. The summed E-state index contributed by atoms with van der Waals surface area (Å²) < 4.78 is 17.2. The minimum Gasteiger partial charge on any atom is -0.611 e. The number of piperazine rings is 1. The van der Waals surface area contributed by atoms with E-state index in [4.69, 9.17) is 27.9 Å². The van der Waals surface area contributed by atoms with Crippen molar-refractivity contribution in [3.8, 4) is 0 Å². The molecule has 1 aliphatic rings.